The highest BCUT2D eigenvalue weighted by molar-refractivity contribution is 5.72. The van der Waals surface area contributed by atoms with E-state index < -0.39 is 11.2 Å². The van der Waals surface area contributed by atoms with Crippen molar-refractivity contribution >= 4 is 11.2 Å². The summed E-state index contributed by atoms with van der Waals surface area (Å²) in [5.41, 5.74) is 0.655. The van der Waals surface area contributed by atoms with E-state index in [1.54, 1.807) is 17.7 Å². The van der Waals surface area contributed by atoms with Crippen LogP contribution in [0.2, 0.25) is 0 Å². The Hall–Kier alpha value is -2.77. The highest BCUT2D eigenvalue weighted by atomic mass is 16.2. The van der Waals surface area contributed by atoms with Gasteiger partial charge in [-0.2, -0.15) is 0 Å². The van der Waals surface area contributed by atoms with Gasteiger partial charge in [-0.05, 0) is 6.92 Å². The monoisotopic (exact) mass is 314 g/mol. The van der Waals surface area contributed by atoms with Crippen molar-refractivity contribution in [1.82, 2.24) is 28.7 Å². The number of imidazole rings is 1. The average molecular weight is 314 g/mol. The normalized spacial score (nSPS) is 11.6. The molecule has 0 aliphatic heterocycles. The average Bonchev–Trinajstić information content (AvgIpc) is 2.95. The van der Waals surface area contributed by atoms with Crippen LogP contribution in [-0.4, -0.2) is 28.7 Å². The van der Waals surface area contributed by atoms with Crippen molar-refractivity contribution in [3.63, 3.8) is 0 Å². The Bertz CT molecular complexity index is 1020. The molecule has 0 saturated heterocycles. The number of hydrogen-bond acceptors (Lipinski definition) is 5. The van der Waals surface area contributed by atoms with Crippen LogP contribution in [0, 0.1) is 6.92 Å². The van der Waals surface area contributed by atoms with E-state index in [1.807, 2.05) is 20.8 Å². The van der Waals surface area contributed by atoms with Crippen molar-refractivity contribution in [3.8, 4) is 5.82 Å². The molecule has 0 aromatic carbocycles. The number of aromatic nitrogens is 6. The second kappa shape index (κ2) is 5.15. The second-order valence-corrected chi connectivity index (χ2v) is 5.87. The van der Waals surface area contributed by atoms with Gasteiger partial charge in [-0.15, -0.1) is 0 Å². The van der Waals surface area contributed by atoms with Crippen LogP contribution in [0.15, 0.2) is 22.0 Å². The minimum atomic E-state index is -0.408. The Kier molecular flexibility index (Phi) is 3.39. The van der Waals surface area contributed by atoms with Crippen molar-refractivity contribution in [2.45, 2.75) is 26.7 Å². The number of nitrogens with zero attached hydrogens (tertiary/aromatic N) is 6. The predicted molar refractivity (Wildman–Crippen MR) is 86.0 cm³/mol. The van der Waals surface area contributed by atoms with Crippen molar-refractivity contribution < 1.29 is 0 Å². The first-order chi connectivity index (χ1) is 10.8. The van der Waals surface area contributed by atoms with Crippen LogP contribution < -0.4 is 11.2 Å². The molecule has 0 bridgehead atoms. The quantitative estimate of drug-likeness (QED) is 0.693. The van der Waals surface area contributed by atoms with Gasteiger partial charge in [-0.3, -0.25) is 18.5 Å². The van der Waals surface area contributed by atoms with Crippen LogP contribution in [0.4, 0.5) is 0 Å². The summed E-state index contributed by atoms with van der Waals surface area (Å²) in [5.74, 6) is 1.43. The third-order valence-electron chi connectivity index (χ3n) is 3.77. The van der Waals surface area contributed by atoms with Crippen LogP contribution in [0.5, 0.6) is 0 Å². The van der Waals surface area contributed by atoms with Crippen molar-refractivity contribution in [2.75, 3.05) is 0 Å². The number of fused-ring (bicyclic) bond motifs is 1. The molecule has 0 aliphatic rings. The molecule has 8 nitrogen and oxygen atoms in total. The molecule has 3 aromatic rings. The molecule has 3 heterocycles. The summed E-state index contributed by atoms with van der Waals surface area (Å²) < 4.78 is 4.03. The first kappa shape index (κ1) is 15.1. The molecule has 0 unspecified atom stereocenters. The molecule has 3 aromatic heterocycles. The molecule has 0 N–H and O–H groups in total. The van der Waals surface area contributed by atoms with E-state index in [0.717, 1.165) is 10.3 Å². The molecule has 120 valence electrons. The largest absolute Gasteiger partial charge is 0.332 e. The lowest BCUT2D eigenvalue weighted by Crippen LogP contribution is -2.37. The zero-order valence-electron chi connectivity index (χ0n) is 13.7. The summed E-state index contributed by atoms with van der Waals surface area (Å²) in [6.07, 6.45) is 1.51. The topological polar surface area (TPSA) is 87.6 Å². The van der Waals surface area contributed by atoms with E-state index >= 15 is 0 Å². The Balaban J connectivity index is 2.39. The van der Waals surface area contributed by atoms with Gasteiger partial charge < -0.3 is 0 Å². The van der Waals surface area contributed by atoms with Crippen LogP contribution in [0.3, 0.4) is 0 Å². The van der Waals surface area contributed by atoms with E-state index in [-0.39, 0.29) is 5.92 Å². The molecule has 3 rings (SSSR count). The van der Waals surface area contributed by atoms with Gasteiger partial charge in [0.05, 0.1) is 0 Å². The summed E-state index contributed by atoms with van der Waals surface area (Å²) in [4.78, 5) is 37.7. The lowest BCUT2D eigenvalue weighted by atomic mass is 10.2. The SMILES string of the molecule is Cc1cc(-n2cnc3c2c(=O)n(C)c(=O)n3C)nc(C(C)C)n1. The third-order valence-corrected chi connectivity index (χ3v) is 3.77. The summed E-state index contributed by atoms with van der Waals surface area (Å²) in [7, 11) is 3.04. The summed E-state index contributed by atoms with van der Waals surface area (Å²) in [6.45, 7) is 5.89. The van der Waals surface area contributed by atoms with Gasteiger partial charge in [0.1, 0.15) is 18.0 Å². The molecule has 8 heteroatoms. The second-order valence-electron chi connectivity index (χ2n) is 5.87. The number of hydrogen-bond donors (Lipinski definition) is 0. The highest BCUT2D eigenvalue weighted by Crippen LogP contribution is 2.16. The highest BCUT2D eigenvalue weighted by Gasteiger charge is 2.17. The molecule has 23 heavy (non-hydrogen) atoms. The van der Waals surface area contributed by atoms with Crippen LogP contribution >= 0.6 is 0 Å². The standard InChI is InChI=1S/C15H18N6O2/c1-8(2)12-17-9(3)6-10(18-12)21-7-16-13-11(21)14(22)20(5)15(23)19(13)4/h6-8H,1-5H3. The van der Waals surface area contributed by atoms with Crippen LogP contribution in [0.25, 0.3) is 17.0 Å². The molecule has 0 fully saturated rings. The fraction of sp³-hybridized carbons (Fsp3) is 0.400. The maximum atomic E-state index is 12.5. The van der Waals surface area contributed by atoms with Crippen molar-refractivity contribution in [3.05, 3.63) is 44.8 Å². The summed E-state index contributed by atoms with van der Waals surface area (Å²) in [5, 5.41) is 0. The summed E-state index contributed by atoms with van der Waals surface area (Å²) in [6, 6.07) is 1.79. The Labute approximate surface area is 132 Å². The third kappa shape index (κ3) is 2.26. The first-order valence-electron chi connectivity index (χ1n) is 7.30. The molecular formula is C15H18N6O2. The van der Waals surface area contributed by atoms with E-state index in [1.165, 1.54) is 17.9 Å². The van der Waals surface area contributed by atoms with E-state index in [9.17, 15) is 9.59 Å². The Morgan fingerprint density at radius 1 is 1.09 bits per heavy atom. The minimum absolute atomic E-state index is 0.163. The van der Waals surface area contributed by atoms with Crippen LogP contribution in [0.1, 0.15) is 31.3 Å². The lowest BCUT2D eigenvalue weighted by molar-refractivity contribution is 0.706. The molecular weight excluding hydrogens is 296 g/mol. The van der Waals surface area contributed by atoms with Crippen LogP contribution in [-0.2, 0) is 14.1 Å². The van der Waals surface area contributed by atoms with Gasteiger partial charge in [0.2, 0.25) is 0 Å². The van der Waals surface area contributed by atoms with Gasteiger partial charge in [-0.1, -0.05) is 13.8 Å². The van der Waals surface area contributed by atoms with E-state index in [0.29, 0.717) is 22.8 Å². The van der Waals surface area contributed by atoms with Gasteiger partial charge in [0, 0.05) is 31.8 Å². The van der Waals surface area contributed by atoms with Gasteiger partial charge in [0.25, 0.3) is 5.56 Å². The Morgan fingerprint density at radius 2 is 1.78 bits per heavy atom. The van der Waals surface area contributed by atoms with Gasteiger partial charge in [0.15, 0.2) is 11.2 Å². The predicted octanol–water partition coefficient (Wildman–Crippen LogP) is 0.645. The lowest BCUT2D eigenvalue weighted by Gasteiger charge is -2.10. The van der Waals surface area contributed by atoms with E-state index in [4.69, 9.17) is 0 Å². The number of aryl methyl sites for hydroxylation is 2. The minimum Gasteiger partial charge on any atom is -0.279 e. The zero-order valence-corrected chi connectivity index (χ0v) is 13.7. The maximum Gasteiger partial charge on any atom is 0.332 e. The maximum absolute atomic E-state index is 12.5. The number of rotatable bonds is 2. The molecule has 0 atom stereocenters. The van der Waals surface area contributed by atoms with Crippen molar-refractivity contribution in [1.29, 1.82) is 0 Å². The van der Waals surface area contributed by atoms with Crippen molar-refractivity contribution in [2.24, 2.45) is 14.1 Å². The smallest absolute Gasteiger partial charge is 0.279 e. The fourth-order valence-corrected chi connectivity index (χ4v) is 2.47. The first-order valence-corrected chi connectivity index (χ1v) is 7.30. The van der Waals surface area contributed by atoms with E-state index in [2.05, 4.69) is 15.0 Å². The Morgan fingerprint density at radius 3 is 2.43 bits per heavy atom. The summed E-state index contributed by atoms with van der Waals surface area (Å²) >= 11 is 0. The zero-order chi connectivity index (χ0) is 16.9. The molecule has 0 saturated carbocycles. The molecule has 0 aliphatic carbocycles. The molecule has 0 amide bonds. The molecule has 0 radical (unpaired) electrons. The molecule has 0 spiro atoms. The fourth-order valence-electron chi connectivity index (χ4n) is 2.47. The van der Waals surface area contributed by atoms with Gasteiger partial charge >= 0.3 is 5.69 Å². The van der Waals surface area contributed by atoms with Gasteiger partial charge in [-0.25, -0.2) is 19.7 Å².